The molecule has 0 aliphatic carbocycles. The summed E-state index contributed by atoms with van der Waals surface area (Å²) in [5.41, 5.74) is 6.55. The average molecular weight is 266 g/mol. The molecule has 1 heterocycles. The molecule has 0 aliphatic heterocycles. The number of rotatable bonds is 6. The third kappa shape index (κ3) is 3.24. The Hall–Kier alpha value is -1.52. The van der Waals surface area contributed by atoms with E-state index in [-0.39, 0.29) is 0 Å². The highest BCUT2D eigenvalue weighted by atomic mass is 35.5. The molecule has 0 amide bonds. The summed E-state index contributed by atoms with van der Waals surface area (Å²) in [5, 5.41) is 4.82. The Balaban J connectivity index is 1.98. The zero-order valence-electron chi connectivity index (χ0n) is 10.1. The van der Waals surface area contributed by atoms with Gasteiger partial charge < -0.3 is 10.5 Å². The Morgan fingerprint density at radius 2 is 2.22 bits per heavy atom. The van der Waals surface area contributed by atoms with Crippen molar-refractivity contribution in [3.05, 3.63) is 47.2 Å². The van der Waals surface area contributed by atoms with Crippen LogP contribution in [0.2, 0.25) is 5.02 Å². The maximum Gasteiger partial charge on any atom is 0.124 e. The lowest BCUT2D eigenvalue weighted by Gasteiger charge is -2.12. The van der Waals surface area contributed by atoms with E-state index in [1.165, 1.54) is 0 Å². The number of nitrogens with zero attached hydrogens (tertiary/aromatic N) is 2. The van der Waals surface area contributed by atoms with Crippen LogP contribution >= 0.6 is 11.6 Å². The Bertz CT molecular complexity index is 485. The van der Waals surface area contributed by atoms with Crippen LogP contribution in [0.5, 0.6) is 5.75 Å². The van der Waals surface area contributed by atoms with Crippen molar-refractivity contribution < 1.29 is 4.74 Å². The molecule has 0 bridgehead atoms. The number of halogens is 1. The van der Waals surface area contributed by atoms with Gasteiger partial charge in [-0.05, 0) is 31.2 Å². The molecule has 5 heteroatoms. The van der Waals surface area contributed by atoms with E-state index < -0.39 is 0 Å². The van der Waals surface area contributed by atoms with Gasteiger partial charge in [-0.25, -0.2) is 0 Å². The van der Waals surface area contributed by atoms with Crippen LogP contribution in [0.4, 0.5) is 0 Å². The normalized spacial score (nSPS) is 10.6. The highest BCUT2D eigenvalue weighted by Gasteiger charge is 2.07. The zero-order chi connectivity index (χ0) is 12.8. The molecule has 0 radical (unpaired) electrons. The second-order valence-corrected chi connectivity index (χ2v) is 4.28. The third-order valence-electron chi connectivity index (χ3n) is 2.61. The molecule has 0 fully saturated rings. The second kappa shape index (κ2) is 6.42. The number of ether oxygens (including phenoxy) is 1. The molecular weight excluding hydrogens is 250 g/mol. The lowest BCUT2D eigenvalue weighted by Crippen LogP contribution is -2.11. The number of aromatic nitrogens is 2. The van der Waals surface area contributed by atoms with Crippen molar-refractivity contribution >= 4 is 11.6 Å². The number of hydrogen-bond donors (Lipinski definition) is 1. The van der Waals surface area contributed by atoms with Gasteiger partial charge in [0.1, 0.15) is 12.4 Å². The summed E-state index contributed by atoms with van der Waals surface area (Å²) in [6.45, 7) is 1.82. The number of benzene rings is 1. The van der Waals surface area contributed by atoms with Gasteiger partial charge in [-0.3, -0.25) is 4.68 Å². The van der Waals surface area contributed by atoms with E-state index in [0.29, 0.717) is 24.7 Å². The van der Waals surface area contributed by atoms with Crippen molar-refractivity contribution in [2.24, 2.45) is 5.73 Å². The van der Waals surface area contributed by atoms with Gasteiger partial charge in [-0.1, -0.05) is 17.7 Å². The van der Waals surface area contributed by atoms with Crippen molar-refractivity contribution in [2.45, 2.75) is 13.0 Å². The maximum absolute atomic E-state index is 6.13. The Morgan fingerprint density at radius 3 is 2.94 bits per heavy atom. The smallest absolute Gasteiger partial charge is 0.124 e. The monoisotopic (exact) mass is 265 g/mol. The van der Waals surface area contributed by atoms with Gasteiger partial charge in [0.2, 0.25) is 0 Å². The highest BCUT2D eigenvalue weighted by molar-refractivity contribution is 6.31. The fraction of sp³-hybridized carbons (Fsp3) is 0.308. The quantitative estimate of drug-likeness (QED) is 0.870. The molecule has 0 saturated carbocycles. The van der Waals surface area contributed by atoms with E-state index in [1.54, 1.807) is 6.20 Å². The molecule has 1 aromatic carbocycles. The third-order valence-corrected chi connectivity index (χ3v) is 2.96. The van der Waals surface area contributed by atoms with Crippen LogP contribution in [0.3, 0.4) is 0 Å². The van der Waals surface area contributed by atoms with E-state index in [2.05, 4.69) is 5.10 Å². The lowest BCUT2D eigenvalue weighted by atomic mass is 10.1. The molecule has 0 spiro atoms. The summed E-state index contributed by atoms with van der Waals surface area (Å²) in [4.78, 5) is 0. The Labute approximate surface area is 111 Å². The summed E-state index contributed by atoms with van der Waals surface area (Å²) in [5.74, 6) is 0.806. The SMILES string of the molecule is NCCc1c(Cl)cccc1OCCn1cccn1. The minimum absolute atomic E-state index is 0.555. The molecule has 96 valence electrons. The first-order chi connectivity index (χ1) is 8.81. The van der Waals surface area contributed by atoms with Gasteiger partial charge in [0.25, 0.3) is 0 Å². The van der Waals surface area contributed by atoms with E-state index in [9.17, 15) is 0 Å². The Kier molecular flexibility index (Phi) is 4.61. The largest absolute Gasteiger partial charge is 0.491 e. The molecule has 4 nitrogen and oxygen atoms in total. The lowest BCUT2D eigenvalue weighted by molar-refractivity contribution is 0.288. The van der Waals surface area contributed by atoms with Crippen LogP contribution in [0, 0.1) is 0 Å². The fourth-order valence-corrected chi connectivity index (χ4v) is 2.00. The van der Waals surface area contributed by atoms with Gasteiger partial charge in [0.05, 0.1) is 6.54 Å². The van der Waals surface area contributed by atoms with Gasteiger partial charge >= 0.3 is 0 Å². The van der Waals surface area contributed by atoms with E-state index in [0.717, 1.165) is 17.7 Å². The maximum atomic E-state index is 6.13. The van der Waals surface area contributed by atoms with Crippen LogP contribution in [-0.2, 0) is 13.0 Å². The molecule has 0 aliphatic rings. The van der Waals surface area contributed by atoms with Crippen LogP contribution in [-0.4, -0.2) is 22.9 Å². The fourth-order valence-electron chi connectivity index (χ4n) is 1.74. The van der Waals surface area contributed by atoms with Crippen molar-refractivity contribution in [3.63, 3.8) is 0 Å². The van der Waals surface area contributed by atoms with Crippen LogP contribution in [0.25, 0.3) is 0 Å². The molecule has 2 aromatic rings. The standard InChI is InChI=1S/C13H16ClN3O/c14-12-3-1-4-13(11(12)5-6-15)18-10-9-17-8-2-7-16-17/h1-4,7-8H,5-6,9-10,15H2. The van der Waals surface area contributed by atoms with Gasteiger partial charge in [-0.2, -0.15) is 5.10 Å². The Morgan fingerprint density at radius 1 is 1.33 bits per heavy atom. The van der Waals surface area contributed by atoms with E-state index >= 15 is 0 Å². The summed E-state index contributed by atoms with van der Waals surface area (Å²) in [7, 11) is 0. The van der Waals surface area contributed by atoms with Crippen molar-refractivity contribution in [2.75, 3.05) is 13.2 Å². The predicted molar refractivity (Wildman–Crippen MR) is 71.9 cm³/mol. The van der Waals surface area contributed by atoms with Crippen molar-refractivity contribution in [3.8, 4) is 5.75 Å². The molecule has 0 atom stereocenters. The molecular formula is C13H16ClN3O. The van der Waals surface area contributed by atoms with Gasteiger partial charge in [0, 0.05) is 23.0 Å². The highest BCUT2D eigenvalue weighted by Crippen LogP contribution is 2.26. The molecule has 2 rings (SSSR count). The number of hydrogen-bond acceptors (Lipinski definition) is 3. The van der Waals surface area contributed by atoms with Gasteiger partial charge in [-0.15, -0.1) is 0 Å². The molecule has 2 N–H and O–H groups in total. The summed E-state index contributed by atoms with van der Waals surface area (Å²) in [6.07, 6.45) is 4.37. The van der Waals surface area contributed by atoms with Crippen molar-refractivity contribution in [1.29, 1.82) is 0 Å². The van der Waals surface area contributed by atoms with Crippen LogP contribution in [0.15, 0.2) is 36.7 Å². The molecule has 18 heavy (non-hydrogen) atoms. The summed E-state index contributed by atoms with van der Waals surface area (Å²) >= 11 is 6.13. The topological polar surface area (TPSA) is 53.1 Å². The molecule has 0 unspecified atom stereocenters. The van der Waals surface area contributed by atoms with E-state index in [4.69, 9.17) is 22.1 Å². The zero-order valence-corrected chi connectivity index (χ0v) is 10.8. The minimum atomic E-state index is 0.555. The first-order valence-corrected chi connectivity index (χ1v) is 6.26. The summed E-state index contributed by atoms with van der Waals surface area (Å²) < 4.78 is 7.57. The molecule has 1 aromatic heterocycles. The minimum Gasteiger partial charge on any atom is -0.491 e. The van der Waals surface area contributed by atoms with Crippen molar-refractivity contribution in [1.82, 2.24) is 9.78 Å². The number of nitrogens with two attached hydrogens (primary N) is 1. The molecule has 0 saturated heterocycles. The van der Waals surface area contributed by atoms with Crippen LogP contribution < -0.4 is 10.5 Å². The summed E-state index contributed by atoms with van der Waals surface area (Å²) in [6, 6.07) is 7.54. The first kappa shape index (κ1) is 12.9. The predicted octanol–water partition coefficient (Wildman–Crippen LogP) is 2.12. The first-order valence-electron chi connectivity index (χ1n) is 5.89. The van der Waals surface area contributed by atoms with E-state index in [1.807, 2.05) is 35.1 Å². The average Bonchev–Trinajstić information content (AvgIpc) is 2.86. The van der Waals surface area contributed by atoms with Crippen LogP contribution in [0.1, 0.15) is 5.56 Å². The van der Waals surface area contributed by atoms with Gasteiger partial charge in [0.15, 0.2) is 0 Å². The second-order valence-electron chi connectivity index (χ2n) is 3.87.